The molecule has 0 saturated carbocycles. The molecule has 4 rings (SSSR count). The molecule has 2 N–H and O–H groups in total. The molecule has 0 radical (unpaired) electrons. The van der Waals surface area contributed by atoms with Gasteiger partial charge in [-0.25, -0.2) is 13.5 Å². The number of rotatable bonds is 6. The number of nitrogens with zero attached hydrogens (tertiary/aromatic N) is 2. The van der Waals surface area contributed by atoms with Crippen LogP contribution in [0.5, 0.6) is 0 Å². The van der Waals surface area contributed by atoms with E-state index in [1.165, 1.54) is 10.7 Å². The van der Waals surface area contributed by atoms with Gasteiger partial charge in [-0.3, -0.25) is 9.59 Å². The topological polar surface area (TPSA) is 76.0 Å². The molecule has 154 valence electrons. The van der Waals surface area contributed by atoms with Crippen molar-refractivity contribution in [1.82, 2.24) is 20.4 Å². The van der Waals surface area contributed by atoms with Gasteiger partial charge >= 0.3 is 0 Å². The molecule has 0 saturated heterocycles. The van der Waals surface area contributed by atoms with Crippen LogP contribution in [0.25, 0.3) is 5.69 Å². The molecule has 0 atom stereocenters. The van der Waals surface area contributed by atoms with E-state index in [0.29, 0.717) is 24.1 Å². The van der Waals surface area contributed by atoms with E-state index >= 15 is 0 Å². The molecule has 0 fully saturated rings. The molecule has 1 heterocycles. The number of aromatic nitrogens is 2. The summed E-state index contributed by atoms with van der Waals surface area (Å²) >= 11 is 0. The Morgan fingerprint density at radius 1 is 0.933 bits per heavy atom. The summed E-state index contributed by atoms with van der Waals surface area (Å²) in [6.07, 6.45) is 2.28. The van der Waals surface area contributed by atoms with Crippen LogP contribution in [-0.4, -0.2) is 34.7 Å². The SMILES string of the molecule is O=C(NCCNC(=O)c1nn(-c2ccc(F)c(F)c2)c2c1CCC2)c1ccccc1. The van der Waals surface area contributed by atoms with E-state index in [-0.39, 0.29) is 30.6 Å². The number of hydrogen-bond acceptors (Lipinski definition) is 3. The zero-order valence-corrected chi connectivity index (χ0v) is 16.1. The smallest absolute Gasteiger partial charge is 0.272 e. The summed E-state index contributed by atoms with van der Waals surface area (Å²) in [4.78, 5) is 24.7. The maximum atomic E-state index is 13.6. The monoisotopic (exact) mass is 410 g/mol. The fourth-order valence-electron chi connectivity index (χ4n) is 3.58. The summed E-state index contributed by atoms with van der Waals surface area (Å²) in [7, 11) is 0. The predicted octanol–water partition coefficient (Wildman–Crippen LogP) is 2.80. The number of fused-ring (bicyclic) bond motifs is 1. The highest BCUT2D eigenvalue weighted by atomic mass is 19.2. The molecule has 0 spiro atoms. The standard InChI is InChI=1S/C22H20F2N4O2/c23-17-10-9-15(13-18(17)24)28-19-8-4-7-16(19)20(27-28)22(30)26-12-11-25-21(29)14-5-2-1-3-6-14/h1-3,5-6,9-10,13H,4,7-8,11-12H2,(H,25,29)(H,26,30). The van der Waals surface area contributed by atoms with Crippen LogP contribution in [0.3, 0.4) is 0 Å². The minimum absolute atomic E-state index is 0.214. The first-order valence-electron chi connectivity index (χ1n) is 9.72. The fourth-order valence-corrected chi connectivity index (χ4v) is 3.58. The van der Waals surface area contributed by atoms with Crippen LogP contribution in [0.1, 0.15) is 38.5 Å². The number of benzene rings is 2. The maximum Gasteiger partial charge on any atom is 0.272 e. The molecule has 1 aliphatic rings. The van der Waals surface area contributed by atoms with E-state index in [2.05, 4.69) is 15.7 Å². The normalized spacial score (nSPS) is 12.5. The summed E-state index contributed by atoms with van der Waals surface area (Å²) in [6.45, 7) is 0.510. The molecule has 30 heavy (non-hydrogen) atoms. The van der Waals surface area contributed by atoms with Crippen LogP contribution < -0.4 is 10.6 Å². The van der Waals surface area contributed by atoms with Crippen molar-refractivity contribution in [2.24, 2.45) is 0 Å². The van der Waals surface area contributed by atoms with Crippen LogP contribution in [-0.2, 0) is 12.8 Å². The molecule has 3 aromatic rings. The Labute approximate surface area is 171 Å². The Morgan fingerprint density at radius 3 is 2.40 bits per heavy atom. The third kappa shape index (κ3) is 3.94. The lowest BCUT2D eigenvalue weighted by molar-refractivity contribution is 0.0924. The third-order valence-corrected chi connectivity index (χ3v) is 5.03. The zero-order valence-electron chi connectivity index (χ0n) is 16.1. The van der Waals surface area contributed by atoms with Gasteiger partial charge in [0.1, 0.15) is 0 Å². The van der Waals surface area contributed by atoms with E-state index in [1.807, 2.05) is 6.07 Å². The Kier molecular flexibility index (Phi) is 5.56. The van der Waals surface area contributed by atoms with Crippen molar-refractivity contribution in [3.8, 4) is 5.69 Å². The summed E-state index contributed by atoms with van der Waals surface area (Å²) in [5.41, 5.74) is 2.86. The number of carbonyl (C=O) groups is 2. The second-order valence-corrected chi connectivity index (χ2v) is 7.02. The third-order valence-electron chi connectivity index (χ3n) is 5.03. The van der Waals surface area contributed by atoms with Crippen LogP contribution in [0.4, 0.5) is 8.78 Å². The number of nitrogens with one attached hydrogen (secondary N) is 2. The number of carbonyl (C=O) groups excluding carboxylic acids is 2. The second kappa shape index (κ2) is 8.44. The number of hydrogen-bond donors (Lipinski definition) is 2. The second-order valence-electron chi connectivity index (χ2n) is 7.02. The molecule has 0 aliphatic heterocycles. The van der Waals surface area contributed by atoms with Gasteiger partial charge in [0.15, 0.2) is 17.3 Å². The summed E-state index contributed by atoms with van der Waals surface area (Å²) in [5, 5.41) is 9.86. The average Bonchev–Trinajstić information content (AvgIpc) is 3.36. The molecule has 1 aromatic heterocycles. The van der Waals surface area contributed by atoms with Gasteiger partial charge < -0.3 is 10.6 Å². The highest BCUT2D eigenvalue weighted by molar-refractivity contribution is 5.95. The summed E-state index contributed by atoms with van der Waals surface area (Å²) in [6, 6.07) is 12.4. The Bertz CT molecular complexity index is 1100. The van der Waals surface area contributed by atoms with Gasteiger partial charge in [-0.05, 0) is 43.5 Å². The summed E-state index contributed by atoms with van der Waals surface area (Å²) in [5.74, 6) is -2.47. The minimum Gasteiger partial charge on any atom is -0.350 e. The molecule has 1 aliphatic carbocycles. The van der Waals surface area contributed by atoms with Crippen molar-refractivity contribution in [1.29, 1.82) is 0 Å². The molecule has 2 aromatic carbocycles. The van der Waals surface area contributed by atoms with Crippen molar-refractivity contribution in [3.05, 3.63) is 82.7 Å². The van der Waals surface area contributed by atoms with Crippen LogP contribution in [0.2, 0.25) is 0 Å². The molecular weight excluding hydrogens is 390 g/mol. The first-order valence-corrected chi connectivity index (χ1v) is 9.72. The molecule has 0 unspecified atom stereocenters. The van der Waals surface area contributed by atoms with Gasteiger partial charge in [-0.15, -0.1) is 0 Å². The lowest BCUT2D eigenvalue weighted by atomic mass is 10.2. The first-order chi connectivity index (χ1) is 14.5. The number of amides is 2. The molecular formula is C22H20F2N4O2. The lowest BCUT2D eigenvalue weighted by Crippen LogP contribution is -2.35. The van der Waals surface area contributed by atoms with Gasteiger partial charge in [0.25, 0.3) is 11.8 Å². The van der Waals surface area contributed by atoms with Crippen molar-refractivity contribution in [2.45, 2.75) is 19.3 Å². The molecule has 8 heteroatoms. The Hall–Kier alpha value is -3.55. The van der Waals surface area contributed by atoms with E-state index in [0.717, 1.165) is 29.8 Å². The Morgan fingerprint density at radius 2 is 1.67 bits per heavy atom. The largest absolute Gasteiger partial charge is 0.350 e. The highest BCUT2D eigenvalue weighted by Crippen LogP contribution is 2.28. The molecule has 6 nitrogen and oxygen atoms in total. The zero-order chi connectivity index (χ0) is 21.1. The van der Waals surface area contributed by atoms with Crippen molar-refractivity contribution in [2.75, 3.05) is 13.1 Å². The van der Waals surface area contributed by atoms with E-state index < -0.39 is 11.6 Å². The van der Waals surface area contributed by atoms with E-state index in [4.69, 9.17) is 0 Å². The van der Waals surface area contributed by atoms with Crippen molar-refractivity contribution >= 4 is 11.8 Å². The Balaban J connectivity index is 1.42. The van der Waals surface area contributed by atoms with Crippen molar-refractivity contribution in [3.63, 3.8) is 0 Å². The van der Waals surface area contributed by atoms with Crippen LogP contribution >= 0.6 is 0 Å². The van der Waals surface area contributed by atoms with Gasteiger partial charge in [0, 0.05) is 36.0 Å². The van der Waals surface area contributed by atoms with E-state index in [9.17, 15) is 18.4 Å². The van der Waals surface area contributed by atoms with Crippen LogP contribution in [0.15, 0.2) is 48.5 Å². The van der Waals surface area contributed by atoms with Crippen molar-refractivity contribution < 1.29 is 18.4 Å². The summed E-state index contributed by atoms with van der Waals surface area (Å²) < 4.78 is 28.4. The van der Waals surface area contributed by atoms with E-state index in [1.54, 1.807) is 24.3 Å². The number of halogens is 2. The quantitative estimate of drug-likeness (QED) is 0.614. The molecule has 0 bridgehead atoms. The predicted molar refractivity (Wildman–Crippen MR) is 107 cm³/mol. The highest BCUT2D eigenvalue weighted by Gasteiger charge is 2.27. The van der Waals surface area contributed by atoms with Gasteiger partial charge in [-0.2, -0.15) is 5.10 Å². The van der Waals surface area contributed by atoms with Gasteiger partial charge in [0.2, 0.25) is 0 Å². The lowest BCUT2D eigenvalue weighted by Gasteiger charge is -2.07. The minimum atomic E-state index is -0.963. The van der Waals surface area contributed by atoms with Gasteiger partial charge in [0.05, 0.1) is 5.69 Å². The van der Waals surface area contributed by atoms with Crippen LogP contribution in [0, 0.1) is 11.6 Å². The average molecular weight is 410 g/mol. The fraction of sp³-hybridized carbons (Fsp3) is 0.227. The van der Waals surface area contributed by atoms with Gasteiger partial charge in [-0.1, -0.05) is 18.2 Å². The molecule has 2 amide bonds. The first kappa shape index (κ1) is 19.8. The maximum absolute atomic E-state index is 13.6.